The van der Waals surface area contributed by atoms with Crippen LogP contribution >= 0.6 is 0 Å². The molecule has 0 saturated heterocycles. The van der Waals surface area contributed by atoms with Crippen molar-refractivity contribution >= 4 is 0 Å². The van der Waals surface area contributed by atoms with E-state index in [4.69, 9.17) is 1.41 Å². The van der Waals surface area contributed by atoms with Crippen LogP contribution in [0.25, 0.3) is 11.4 Å². The molecule has 102 valence electrons. The zero-order valence-corrected chi connectivity index (χ0v) is 8.92. The highest BCUT2D eigenvalue weighted by atomic mass is 19.4. The second-order valence-corrected chi connectivity index (χ2v) is 3.58. The van der Waals surface area contributed by atoms with Crippen molar-refractivity contribution in [1.82, 2.24) is 15.2 Å². The Balaban J connectivity index is 2.63. The van der Waals surface area contributed by atoms with Gasteiger partial charge in [0.2, 0.25) is 0 Å². The number of benzene rings is 1. The summed E-state index contributed by atoms with van der Waals surface area (Å²) in [6, 6.07) is 1.02. The van der Waals surface area contributed by atoms with E-state index in [1.54, 1.807) is 0 Å². The van der Waals surface area contributed by atoms with Gasteiger partial charge in [0.1, 0.15) is 6.33 Å². The Morgan fingerprint density at radius 2 is 1.47 bits per heavy atom. The first kappa shape index (κ1) is 12.0. The predicted molar refractivity (Wildman–Crippen MR) is 51.8 cm³/mol. The molecule has 1 heterocycles. The van der Waals surface area contributed by atoms with E-state index >= 15 is 0 Å². The molecule has 19 heavy (non-hydrogen) atoms. The molecule has 0 aliphatic rings. The average Bonchev–Trinajstić information content (AvgIpc) is 2.73. The van der Waals surface area contributed by atoms with E-state index in [0.29, 0.717) is 17.2 Å². The van der Waals surface area contributed by atoms with Gasteiger partial charge in [-0.1, -0.05) is 0 Å². The fourth-order valence-corrected chi connectivity index (χ4v) is 1.40. The number of rotatable bonds is 1. The Kier molecular flexibility index (Phi) is 2.68. The molecule has 9 heteroatoms. The minimum absolute atomic E-state index is 0.0151. The first-order valence-corrected chi connectivity index (χ1v) is 4.78. The van der Waals surface area contributed by atoms with Gasteiger partial charge in [-0.2, -0.15) is 31.4 Å². The number of halogens is 6. The van der Waals surface area contributed by atoms with Crippen molar-refractivity contribution in [3.63, 3.8) is 0 Å². The molecule has 0 atom stereocenters. The van der Waals surface area contributed by atoms with Gasteiger partial charge >= 0.3 is 12.4 Å². The van der Waals surface area contributed by atoms with Crippen LogP contribution in [-0.2, 0) is 12.4 Å². The van der Waals surface area contributed by atoms with Gasteiger partial charge in [-0.15, -0.1) is 0 Å². The first-order valence-electron chi connectivity index (χ1n) is 5.23. The summed E-state index contributed by atoms with van der Waals surface area (Å²) < 4.78 is 82.7. The molecule has 0 aliphatic carbocycles. The SMILES string of the molecule is [2H]n1cnc(-c2cc(C(F)(F)F)cc(C(F)(F)F)c2)n1. The third kappa shape index (κ3) is 2.85. The number of aromatic nitrogens is 3. The minimum atomic E-state index is -4.93. The van der Waals surface area contributed by atoms with Crippen LogP contribution < -0.4 is 0 Å². The number of nitrogens with one attached hydrogen (secondary N) is 1. The summed E-state index contributed by atoms with van der Waals surface area (Å²) in [5.74, 6) is -0.392. The highest BCUT2D eigenvalue weighted by Crippen LogP contribution is 2.37. The van der Waals surface area contributed by atoms with Crippen LogP contribution in [0.2, 0.25) is 1.41 Å². The highest BCUT2D eigenvalue weighted by Gasteiger charge is 2.37. The van der Waals surface area contributed by atoms with E-state index < -0.39 is 34.9 Å². The standard InChI is InChI=1S/C10H5F6N3/c11-9(12,13)6-1-5(8-17-4-18-19-8)2-7(3-6)10(14,15)16/h1-4H,(H,17,18,19)/i/hD. The second-order valence-electron chi connectivity index (χ2n) is 3.58. The lowest BCUT2D eigenvalue weighted by molar-refractivity contribution is -0.143. The van der Waals surface area contributed by atoms with E-state index in [0.717, 1.165) is 6.33 Å². The van der Waals surface area contributed by atoms with Crippen LogP contribution in [0.15, 0.2) is 24.5 Å². The minimum Gasteiger partial charge on any atom is -0.265 e. The summed E-state index contributed by atoms with van der Waals surface area (Å²) in [6.07, 6.45) is -9.01. The zero-order valence-electron chi connectivity index (χ0n) is 9.92. The topological polar surface area (TPSA) is 41.6 Å². The number of H-pyrrole nitrogens is 1. The van der Waals surface area contributed by atoms with Gasteiger partial charge in [0.05, 0.1) is 11.1 Å². The van der Waals surface area contributed by atoms with Crippen molar-refractivity contribution < 1.29 is 27.8 Å². The largest absolute Gasteiger partial charge is 0.416 e. The summed E-state index contributed by atoms with van der Waals surface area (Å²) in [5.41, 5.74) is -3.37. The van der Waals surface area contributed by atoms with Crippen LogP contribution in [0.5, 0.6) is 0 Å². The maximum Gasteiger partial charge on any atom is 0.416 e. The third-order valence-corrected chi connectivity index (χ3v) is 2.23. The molecule has 0 fully saturated rings. The smallest absolute Gasteiger partial charge is 0.265 e. The lowest BCUT2D eigenvalue weighted by Gasteiger charge is -2.13. The molecule has 3 nitrogen and oxygen atoms in total. The van der Waals surface area contributed by atoms with Crippen LogP contribution in [0.3, 0.4) is 0 Å². The van der Waals surface area contributed by atoms with E-state index in [1.165, 1.54) is 0 Å². The van der Waals surface area contributed by atoms with Crippen molar-refractivity contribution in [2.45, 2.75) is 12.4 Å². The van der Waals surface area contributed by atoms with E-state index in [-0.39, 0.29) is 6.07 Å². The molecule has 2 aromatic rings. The van der Waals surface area contributed by atoms with Gasteiger partial charge in [0.15, 0.2) is 7.24 Å². The molecule has 1 aromatic heterocycles. The van der Waals surface area contributed by atoms with Gasteiger partial charge < -0.3 is 0 Å². The molecule has 1 aromatic carbocycles. The van der Waals surface area contributed by atoms with E-state index in [2.05, 4.69) is 10.1 Å². The van der Waals surface area contributed by atoms with Gasteiger partial charge in [0.25, 0.3) is 0 Å². The summed E-state index contributed by atoms with van der Waals surface area (Å²) in [5, 5.41) is 3.80. The highest BCUT2D eigenvalue weighted by molar-refractivity contribution is 5.58. The summed E-state index contributed by atoms with van der Waals surface area (Å²) >= 11 is 0. The molecule has 0 spiro atoms. The van der Waals surface area contributed by atoms with E-state index in [1.807, 2.05) is 0 Å². The van der Waals surface area contributed by atoms with E-state index in [9.17, 15) is 26.3 Å². The molecule has 0 bridgehead atoms. The maximum absolute atomic E-state index is 12.6. The number of alkyl halides is 6. The Morgan fingerprint density at radius 1 is 0.947 bits per heavy atom. The summed E-state index contributed by atoms with van der Waals surface area (Å²) in [4.78, 5) is 3.46. The molecular formula is C10H5F6N3. The third-order valence-electron chi connectivity index (χ3n) is 2.23. The number of nitrogens with zero attached hydrogens (tertiary/aromatic N) is 2. The Labute approximate surface area is 103 Å². The Bertz CT molecular complexity index is 598. The second kappa shape index (κ2) is 4.25. The molecular weight excluding hydrogens is 276 g/mol. The molecule has 0 saturated carbocycles. The van der Waals surface area contributed by atoms with Gasteiger partial charge in [0, 0.05) is 5.56 Å². The fraction of sp³-hybridized carbons (Fsp3) is 0.200. The normalized spacial score (nSPS) is 13.5. The van der Waals surface area contributed by atoms with Gasteiger partial charge in [-0.05, 0) is 18.2 Å². The lowest BCUT2D eigenvalue weighted by Crippen LogP contribution is -2.11. The Hall–Kier alpha value is -2.06. The van der Waals surface area contributed by atoms with Gasteiger partial charge in [-0.3, -0.25) is 5.09 Å². The van der Waals surface area contributed by atoms with Crippen molar-refractivity contribution in [3.8, 4) is 11.4 Å². The quantitative estimate of drug-likeness (QED) is 0.813. The molecule has 2 rings (SSSR count). The number of hydrogen-bond donors (Lipinski definition) is 1. The van der Waals surface area contributed by atoms with Crippen molar-refractivity contribution in [2.24, 2.45) is 0 Å². The lowest BCUT2D eigenvalue weighted by atomic mass is 10.0. The van der Waals surface area contributed by atoms with Crippen LogP contribution in [0.1, 0.15) is 11.1 Å². The molecule has 0 unspecified atom stereocenters. The first-order chi connectivity index (χ1) is 9.07. The molecule has 0 amide bonds. The van der Waals surface area contributed by atoms with Gasteiger partial charge in [-0.25, -0.2) is 4.98 Å². The van der Waals surface area contributed by atoms with Crippen LogP contribution in [0.4, 0.5) is 26.3 Å². The summed E-state index contributed by atoms with van der Waals surface area (Å²) in [7, 11) is 0. The fourth-order valence-electron chi connectivity index (χ4n) is 1.40. The van der Waals surface area contributed by atoms with Crippen molar-refractivity contribution in [2.75, 3.05) is 0 Å². The predicted octanol–water partition coefficient (Wildman–Crippen LogP) is 3.51. The summed E-state index contributed by atoms with van der Waals surface area (Å²) in [6.45, 7) is 0. The van der Waals surface area contributed by atoms with Crippen molar-refractivity contribution in [3.05, 3.63) is 35.7 Å². The average molecular weight is 282 g/mol. The van der Waals surface area contributed by atoms with Crippen LogP contribution in [-0.4, -0.2) is 15.2 Å². The molecule has 0 radical (unpaired) electrons. The number of aromatic amines is 1. The molecule has 0 aliphatic heterocycles. The molecule has 1 N–H and O–H groups in total. The van der Waals surface area contributed by atoms with Crippen LogP contribution in [0, 0.1) is 0 Å². The zero-order chi connectivity index (χ0) is 15.1. The maximum atomic E-state index is 12.6. The Morgan fingerprint density at radius 3 is 1.84 bits per heavy atom. The number of hydrogen-bond acceptors (Lipinski definition) is 2. The monoisotopic (exact) mass is 282 g/mol. The van der Waals surface area contributed by atoms with Crippen molar-refractivity contribution in [1.29, 1.82) is 0 Å².